The van der Waals surface area contributed by atoms with Crippen molar-refractivity contribution in [2.75, 3.05) is 5.75 Å². The fourth-order valence-electron chi connectivity index (χ4n) is 5.92. The van der Waals surface area contributed by atoms with Crippen LogP contribution < -0.4 is 0 Å². The van der Waals surface area contributed by atoms with Crippen LogP contribution >= 0.6 is 31.9 Å². The largest absolute Gasteiger partial charge is 0.254 e. The molecule has 5 rings (SSSR count). The number of hydrogen-bond acceptors (Lipinski definition) is 1. The molecule has 35 heavy (non-hydrogen) atoms. The smallest absolute Gasteiger partial charge is 0.0738 e. The minimum Gasteiger partial charge on any atom is -0.254 e. The normalized spacial score (nSPS) is 21.0. The van der Waals surface area contributed by atoms with Gasteiger partial charge in [0.15, 0.2) is 0 Å². The monoisotopic (exact) mass is 606 g/mol. The molecule has 0 heterocycles. The average Bonchev–Trinajstić information content (AvgIpc) is 3.12. The van der Waals surface area contributed by atoms with Gasteiger partial charge in [-0.3, -0.25) is 4.21 Å². The molecule has 0 saturated heterocycles. The highest BCUT2D eigenvalue weighted by Gasteiger charge is 2.48. The second kappa shape index (κ2) is 9.46. The summed E-state index contributed by atoms with van der Waals surface area (Å²) in [6, 6.07) is 19.4. The van der Waals surface area contributed by atoms with Crippen LogP contribution in [0.2, 0.25) is 0 Å². The van der Waals surface area contributed by atoms with Crippen molar-refractivity contribution in [2.45, 2.75) is 40.8 Å². The molecule has 0 aliphatic heterocycles. The first-order valence-corrected chi connectivity index (χ1v) is 14.8. The Morgan fingerprint density at radius 2 is 1.74 bits per heavy atom. The van der Waals surface area contributed by atoms with Crippen molar-refractivity contribution >= 4 is 59.0 Å². The molecule has 3 aromatic carbocycles. The Hall–Kier alpha value is -2.01. The van der Waals surface area contributed by atoms with Crippen LogP contribution in [-0.2, 0) is 20.5 Å². The van der Waals surface area contributed by atoms with E-state index in [1.165, 1.54) is 33.0 Å². The molecular formula is C31H28Br2OS. The molecule has 3 aromatic rings. The molecule has 0 bridgehead atoms. The SMILES string of the molecule is C=CCC1(CC=C)C2=C(C=CC(Br)(c3ccc(Br)cc3S(=O)CC)C2)c2c1ccc1ccccc21. The van der Waals surface area contributed by atoms with Crippen molar-refractivity contribution in [2.24, 2.45) is 0 Å². The van der Waals surface area contributed by atoms with Crippen molar-refractivity contribution < 1.29 is 4.21 Å². The summed E-state index contributed by atoms with van der Waals surface area (Å²) in [5.41, 5.74) is 6.28. The van der Waals surface area contributed by atoms with Gasteiger partial charge in [0.1, 0.15) is 0 Å². The van der Waals surface area contributed by atoms with E-state index in [0.29, 0.717) is 5.75 Å². The molecule has 0 radical (unpaired) electrons. The van der Waals surface area contributed by atoms with Crippen molar-refractivity contribution in [3.63, 3.8) is 0 Å². The topological polar surface area (TPSA) is 17.1 Å². The van der Waals surface area contributed by atoms with E-state index < -0.39 is 15.1 Å². The fraction of sp³-hybridized carbons (Fsp3) is 0.226. The van der Waals surface area contributed by atoms with Crippen LogP contribution in [0, 0.1) is 0 Å². The predicted molar refractivity (Wildman–Crippen MR) is 158 cm³/mol. The third kappa shape index (κ3) is 3.89. The fourth-order valence-corrected chi connectivity index (χ4v) is 8.39. The van der Waals surface area contributed by atoms with Gasteiger partial charge in [-0.2, -0.15) is 0 Å². The average molecular weight is 608 g/mol. The molecule has 0 fully saturated rings. The van der Waals surface area contributed by atoms with E-state index in [9.17, 15) is 4.21 Å². The standard InChI is InChI=1S/C31H28Br2OS/c1-4-16-30(17-5-2)26-13-11-21-9-7-8-10-23(21)29(26)24-15-18-31(33,20-27(24)30)25-14-12-22(32)19-28(25)35(34)6-3/h4-5,7-15,18-19H,1-2,6,16-17,20H2,3H3. The lowest BCUT2D eigenvalue weighted by atomic mass is 9.68. The van der Waals surface area contributed by atoms with Gasteiger partial charge in [-0.1, -0.05) is 106 Å². The summed E-state index contributed by atoms with van der Waals surface area (Å²) in [6.45, 7) is 10.3. The zero-order valence-corrected chi connectivity index (χ0v) is 23.8. The maximum absolute atomic E-state index is 13.1. The van der Waals surface area contributed by atoms with E-state index in [4.69, 9.17) is 0 Å². The first-order chi connectivity index (χ1) is 16.9. The number of fused-ring (bicyclic) bond motifs is 4. The summed E-state index contributed by atoms with van der Waals surface area (Å²) in [7, 11) is -1.07. The summed E-state index contributed by atoms with van der Waals surface area (Å²) in [4.78, 5) is 0.881. The van der Waals surface area contributed by atoms with Gasteiger partial charge < -0.3 is 0 Å². The van der Waals surface area contributed by atoms with Crippen LogP contribution in [0.3, 0.4) is 0 Å². The van der Waals surface area contributed by atoms with Crippen LogP contribution in [0.4, 0.5) is 0 Å². The van der Waals surface area contributed by atoms with E-state index >= 15 is 0 Å². The number of rotatable bonds is 7. The van der Waals surface area contributed by atoms with E-state index in [2.05, 4.69) is 99.6 Å². The molecule has 2 aliphatic rings. The Labute approximate surface area is 227 Å². The van der Waals surface area contributed by atoms with E-state index in [-0.39, 0.29) is 5.41 Å². The first-order valence-electron chi connectivity index (χ1n) is 11.9. The second-order valence-electron chi connectivity index (χ2n) is 9.32. The quantitative estimate of drug-likeness (QED) is 0.193. The molecule has 4 heteroatoms. The molecule has 0 N–H and O–H groups in total. The first kappa shape index (κ1) is 24.7. The Bertz CT molecular complexity index is 1440. The van der Waals surface area contributed by atoms with Crippen LogP contribution in [0.1, 0.15) is 42.9 Å². The predicted octanol–water partition coefficient (Wildman–Crippen LogP) is 9.14. The van der Waals surface area contributed by atoms with Gasteiger partial charge in [0, 0.05) is 20.5 Å². The number of alkyl halides is 1. The van der Waals surface area contributed by atoms with Crippen molar-refractivity contribution in [1.82, 2.24) is 0 Å². The summed E-state index contributed by atoms with van der Waals surface area (Å²) >= 11 is 7.72. The van der Waals surface area contributed by atoms with Gasteiger partial charge in [0.25, 0.3) is 0 Å². The molecule has 178 valence electrons. The van der Waals surface area contributed by atoms with Gasteiger partial charge in [-0.25, -0.2) is 0 Å². The van der Waals surface area contributed by atoms with E-state index in [1.54, 1.807) is 0 Å². The molecule has 0 saturated carbocycles. The summed E-state index contributed by atoms with van der Waals surface area (Å²) in [5, 5.41) is 2.54. The highest BCUT2D eigenvalue weighted by molar-refractivity contribution is 9.10. The van der Waals surface area contributed by atoms with Gasteiger partial charge in [0.05, 0.1) is 15.1 Å². The van der Waals surface area contributed by atoms with E-state index in [0.717, 1.165) is 34.2 Å². The zero-order chi connectivity index (χ0) is 24.8. The third-order valence-corrected chi connectivity index (χ3v) is 10.3. The van der Waals surface area contributed by atoms with Gasteiger partial charge in [-0.05, 0) is 70.0 Å². The maximum atomic E-state index is 13.1. The molecule has 0 amide bonds. The Kier molecular flexibility index (Phi) is 6.67. The molecule has 1 nitrogen and oxygen atoms in total. The summed E-state index contributed by atoms with van der Waals surface area (Å²) < 4.78 is 13.6. The number of allylic oxidation sites excluding steroid dienone is 6. The lowest BCUT2D eigenvalue weighted by Crippen LogP contribution is -2.31. The Morgan fingerprint density at radius 3 is 2.46 bits per heavy atom. The second-order valence-corrected chi connectivity index (χ2v) is 13.4. The highest BCUT2D eigenvalue weighted by atomic mass is 79.9. The minimum absolute atomic E-state index is 0.193. The van der Waals surface area contributed by atoms with Gasteiger partial charge in [-0.15, -0.1) is 13.2 Å². The van der Waals surface area contributed by atoms with Gasteiger partial charge >= 0.3 is 0 Å². The molecule has 0 spiro atoms. The van der Waals surface area contributed by atoms with E-state index in [1.807, 2.05) is 31.2 Å². The van der Waals surface area contributed by atoms with Crippen LogP contribution in [0.5, 0.6) is 0 Å². The third-order valence-electron chi connectivity index (χ3n) is 7.45. The molecule has 2 aliphatic carbocycles. The molecule has 0 aromatic heterocycles. The summed E-state index contributed by atoms with van der Waals surface area (Å²) in [5.74, 6) is 0.582. The van der Waals surface area contributed by atoms with Crippen LogP contribution in [-0.4, -0.2) is 9.96 Å². The van der Waals surface area contributed by atoms with Crippen molar-refractivity contribution in [3.8, 4) is 0 Å². The molecule has 2 unspecified atom stereocenters. The lowest BCUT2D eigenvalue weighted by Gasteiger charge is -2.38. The maximum Gasteiger partial charge on any atom is 0.0738 e. The highest BCUT2D eigenvalue weighted by Crippen LogP contribution is 2.60. The van der Waals surface area contributed by atoms with Crippen LogP contribution in [0.15, 0.2) is 107 Å². The zero-order valence-electron chi connectivity index (χ0n) is 19.8. The number of benzene rings is 3. The Morgan fingerprint density at radius 1 is 1.03 bits per heavy atom. The van der Waals surface area contributed by atoms with Gasteiger partial charge in [0.2, 0.25) is 0 Å². The number of hydrogen-bond donors (Lipinski definition) is 0. The Balaban J connectivity index is 1.75. The molecular weight excluding hydrogens is 580 g/mol. The van der Waals surface area contributed by atoms with Crippen LogP contribution in [0.25, 0.3) is 16.3 Å². The molecule has 2 atom stereocenters. The summed E-state index contributed by atoms with van der Waals surface area (Å²) in [6.07, 6.45) is 11.1. The lowest BCUT2D eigenvalue weighted by molar-refractivity contribution is 0.494. The van der Waals surface area contributed by atoms with Crippen molar-refractivity contribution in [1.29, 1.82) is 0 Å². The van der Waals surface area contributed by atoms with Crippen molar-refractivity contribution in [3.05, 3.63) is 119 Å². The number of halogens is 2. The minimum atomic E-state index is -1.07.